The van der Waals surface area contributed by atoms with Gasteiger partial charge in [-0.1, -0.05) is 31.5 Å². The zero-order chi connectivity index (χ0) is 18.5. The second kappa shape index (κ2) is 9.18. The molecule has 3 rings (SSSR count). The van der Waals surface area contributed by atoms with Crippen molar-refractivity contribution in [3.05, 3.63) is 34.3 Å². The molecule has 0 bridgehead atoms. The monoisotopic (exact) mass is 379 g/mol. The van der Waals surface area contributed by atoms with Crippen LogP contribution in [0.1, 0.15) is 36.2 Å². The van der Waals surface area contributed by atoms with Crippen LogP contribution in [0.5, 0.6) is 0 Å². The molecule has 144 valence electrons. The van der Waals surface area contributed by atoms with Crippen molar-refractivity contribution in [2.45, 2.75) is 32.9 Å². The van der Waals surface area contributed by atoms with E-state index in [-0.39, 0.29) is 12.0 Å². The van der Waals surface area contributed by atoms with Crippen molar-refractivity contribution < 1.29 is 9.53 Å². The second-order valence-corrected chi connectivity index (χ2v) is 8.11. The molecule has 1 N–H and O–H groups in total. The van der Waals surface area contributed by atoms with E-state index < -0.39 is 0 Å². The third-order valence-electron chi connectivity index (χ3n) is 5.06. The van der Waals surface area contributed by atoms with Crippen molar-refractivity contribution in [1.29, 1.82) is 0 Å². The Labute approximate surface area is 161 Å². The van der Waals surface area contributed by atoms with Crippen molar-refractivity contribution in [2.24, 2.45) is 5.92 Å². The van der Waals surface area contributed by atoms with Crippen LogP contribution in [0.15, 0.2) is 18.2 Å². The van der Waals surface area contributed by atoms with Crippen LogP contribution < -0.4 is 5.32 Å². The van der Waals surface area contributed by atoms with Gasteiger partial charge in [0, 0.05) is 56.4 Å². The number of hydrogen-bond donors (Lipinski definition) is 1. The predicted molar refractivity (Wildman–Crippen MR) is 105 cm³/mol. The number of halogens is 1. The first-order chi connectivity index (χ1) is 12.5. The summed E-state index contributed by atoms with van der Waals surface area (Å²) in [7, 11) is 0. The Morgan fingerprint density at radius 3 is 2.77 bits per heavy atom. The first-order valence-corrected chi connectivity index (χ1v) is 10.0. The molecule has 1 atom stereocenters. The Morgan fingerprint density at radius 1 is 1.31 bits per heavy atom. The lowest BCUT2D eigenvalue weighted by Crippen LogP contribution is -2.46. The number of ether oxygens (including phenoxy) is 1. The maximum Gasteiger partial charge on any atom is 0.254 e. The minimum absolute atomic E-state index is 0.0534. The molecule has 2 fully saturated rings. The van der Waals surface area contributed by atoms with Gasteiger partial charge in [-0.2, -0.15) is 0 Å². The lowest BCUT2D eigenvalue weighted by Gasteiger charge is -2.34. The predicted octanol–water partition coefficient (Wildman–Crippen LogP) is 2.63. The normalized spacial score (nSPS) is 22.0. The molecule has 2 heterocycles. The molecule has 2 saturated heterocycles. The summed E-state index contributed by atoms with van der Waals surface area (Å²) in [6, 6.07) is 5.75. The highest BCUT2D eigenvalue weighted by atomic mass is 35.5. The Bertz CT molecular complexity index is 617. The van der Waals surface area contributed by atoms with E-state index in [1.807, 2.05) is 23.1 Å². The van der Waals surface area contributed by atoms with Crippen LogP contribution in [0, 0.1) is 5.92 Å². The number of nitrogens with zero attached hydrogens (tertiary/aromatic N) is 2. The Morgan fingerprint density at radius 2 is 2.08 bits per heavy atom. The molecule has 0 aromatic heterocycles. The van der Waals surface area contributed by atoms with Crippen molar-refractivity contribution in [3.63, 3.8) is 0 Å². The summed E-state index contributed by atoms with van der Waals surface area (Å²) in [6.07, 6.45) is 1.11. The van der Waals surface area contributed by atoms with E-state index in [0.29, 0.717) is 36.2 Å². The molecule has 5 nitrogen and oxygen atoms in total. The van der Waals surface area contributed by atoms with Gasteiger partial charge in [-0.25, -0.2) is 0 Å². The third-order valence-corrected chi connectivity index (χ3v) is 5.42. The van der Waals surface area contributed by atoms with Crippen molar-refractivity contribution in [3.8, 4) is 0 Å². The van der Waals surface area contributed by atoms with Crippen molar-refractivity contribution in [2.75, 3.05) is 45.9 Å². The molecular formula is C20H30ClN3O2. The van der Waals surface area contributed by atoms with Crippen LogP contribution in [0.3, 0.4) is 0 Å². The van der Waals surface area contributed by atoms with E-state index in [0.717, 1.165) is 44.7 Å². The van der Waals surface area contributed by atoms with Crippen LogP contribution in [0.2, 0.25) is 5.02 Å². The van der Waals surface area contributed by atoms with E-state index >= 15 is 0 Å². The fourth-order valence-corrected chi connectivity index (χ4v) is 3.91. The number of amides is 1. The molecule has 0 radical (unpaired) electrons. The highest BCUT2D eigenvalue weighted by Crippen LogP contribution is 2.22. The molecule has 1 aromatic rings. The average Bonchev–Trinajstić information content (AvgIpc) is 2.63. The summed E-state index contributed by atoms with van der Waals surface area (Å²) >= 11 is 6.49. The first kappa shape index (κ1) is 19.6. The zero-order valence-electron chi connectivity index (χ0n) is 15.8. The van der Waals surface area contributed by atoms with Gasteiger partial charge in [-0.05, 0) is 30.0 Å². The number of nitrogens with one attached hydrogen (secondary N) is 1. The van der Waals surface area contributed by atoms with Gasteiger partial charge >= 0.3 is 0 Å². The quantitative estimate of drug-likeness (QED) is 0.854. The molecule has 1 aromatic carbocycles. The minimum Gasteiger partial charge on any atom is -0.375 e. The Balaban J connectivity index is 1.63. The van der Waals surface area contributed by atoms with Crippen molar-refractivity contribution in [1.82, 2.24) is 15.1 Å². The molecule has 0 spiro atoms. The number of hydrogen-bond acceptors (Lipinski definition) is 4. The fourth-order valence-electron chi connectivity index (χ4n) is 3.67. The van der Waals surface area contributed by atoms with Crippen LogP contribution in [-0.4, -0.2) is 67.7 Å². The third kappa shape index (κ3) is 5.19. The number of benzene rings is 1. The largest absolute Gasteiger partial charge is 0.375 e. The molecule has 1 amide bonds. The summed E-state index contributed by atoms with van der Waals surface area (Å²) in [5.41, 5.74) is 1.76. The topological polar surface area (TPSA) is 44.8 Å². The summed E-state index contributed by atoms with van der Waals surface area (Å²) in [6.45, 7) is 11.2. The summed E-state index contributed by atoms with van der Waals surface area (Å²) in [5.74, 6) is 0.617. The molecular weight excluding hydrogens is 350 g/mol. The van der Waals surface area contributed by atoms with E-state index in [1.165, 1.54) is 0 Å². The Kier molecular flexibility index (Phi) is 6.92. The van der Waals surface area contributed by atoms with Gasteiger partial charge in [-0.15, -0.1) is 0 Å². The molecule has 6 heteroatoms. The SMILES string of the molecule is CC(C)CC1CN(C(=O)c2ccc(CN3CCNCC3)c(Cl)c2)CCO1. The molecule has 2 aliphatic heterocycles. The zero-order valence-corrected chi connectivity index (χ0v) is 16.6. The second-order valence-electron chi connectivity index (χ2n) is 7.71. The van der Waals surface area contributed by atoms with Gasteiger partial charge < -0.3 is 15.0 Å². The summed E-state index contributed by atoms with van der Waals surface area (Å²) in [4.78, 5) is 17.2. The lowest BCUT2D eigenvalue weighted by molar-refractivity contribution is -0.0298. The minimum atomic E-state index is 0.0534. The summed E-state index contributed by atoms with van der Waals surface area (Å²) < 4.78 is 5.80. The average molecular weight is 380 g/mol. The van der Waals surface area contributed by atoms with E-state index in [2.05, 4.69) is 24.1 Å². The maximum atomic E-state index is 12.9. The fraction of sp³-hybridized carbons (Fsp3) is 0.650. The molecule has 0 saturated carbocycles. The van der Waals surface area contributed by atoms with Gasteiger partial charge in [0.05, 0.1) is 12.7 Å². The van der Waals surface area contributed by atoms with Gasteiger partial charge in [0.15, 0.2) is 0 Å². The van der Waals surface area contributed by atoms with Gasteiger partial charge in [-0.3, -0.25) is 9.69 Å². The van der Waals surface area contributed by atoms with E-state index in [9.17, 15) is 4.79 Å². The lowest BCUT2D eigenvalue weighted by atomic mass is 10.0. The number of carbonyl (C=O) groups is 1. The number of rotatable bonds is 5. The standard InChI is InChI=1S/C20H30ClN3O2/c1-15(2)11-18-14-24(9-10-26-18)20(25)16-3-4-17(19(21)12-16)13-23-7-5-22-6-8-23/h3-4,12,15,18,22H,5-11,13-14H2,1-2H3. The van der Waals surface area contributed by atoms with Gasteiger partial charge in [0.1, 0.15) is 0 Å². The van der Waals surface area contributed by atoms with Crippen LogP contribution in [0.25, 0.3) is 0 Å². The van der Waals surface area contributed by atoms with Crippen molar-refractivity contribution >= 4 is 17.5 Å². The smallest absolute Gasteiger partial charge is 0.254 e. The number of carbonyl (C=O) groups excluding carboxylic acids is 1. The first-order valence-electron chi connectivity index (χ1n) is 9.65. The van der Waals surface area contributed by atoms with E-state index in [4.69, 9.17) is 16.3 Å². The highest BCUT2D eigenvalue weighted by Gasteiger charge is 2.26. The van der Waals surface area contributed by atoms with Crippen LogP contribution >= 0.6 is 11.6 Å². The van der Waals surface area contributed by atoms with Gasteiger partial charge in [0.25, 0.3) is 5.91 Å². The van der Waals surface area contributed by atoms with E-state index in [1.54, 1.807) is 0 Å². The highest BCUT2D eigenvalue weighted by molar-refractivity contribution is 6.31. The molecule has 1 unspecified atom stereocenters. The molecule has 26 heavy (non-hydrogen) atoms. The number of piperazine rings is 1. The molecule has 0 aliphatic carbocycles. The summed E-state index contributed by atoms with van der Waals surface area (Å²) in [5, 5.41) is 4.04. The van der Waals surface area contributed by atoms with Crippen LogP contribution in [-0.2, 0) is 11.3 Å². The Hall–Kier alpha value is -1.14. The van der Waals surface area contributed by atoms with Crippen LogP contribution in [0.4, 0.5) is 0 Å². The van der Waals surface area contributed by atoms with Gasteiger partial charge in [0.2, 0.25) is 0 Å². The molecule has 2 aliphatic rings. The number of morpholine rings is 1. The maximum absolute atomic E-state index is 12.9.